The molecule has 0 fully saturated rings. The molecule has 0 aromatic heterocycles. The fourth-order valence-corrected chi connectivity index (χ4v) is 2.89. The molecule has 0 bridgehead atoms. The highest BCUT2D eigenvalue weighted by molar-refractivity contribution is 6.36. The molecule has 2 amide bonds. The molecule has 0 spiro atoms. The van der Waals surface area contributed by atoms with Gasteiger partial charge in [-0.15, -0.1) is 0 Å². The van der Waals surface area contributed by atoms with E-state index in [2.05, 4.69) is 5.32 Å². The standard InChI is InChI=1S/C19H19Cl2FN2O2/c1-2-9-24(19(26)10-13-5-3-4-6-16(13)22)12-18(25)23-17-8-7-14(20)11-15(17)21/h3-8,11H,2,9-10,12H2,1H3,(H,23,25). The molecule has 26 heavy (non-hydrogen) atoms. The molecule has 2 aromatic rings. The van der Waals surface area contributed by atoms with Crippen LogP contribution in [0.2, 0.25) is 10.0 Å². The molecule has 0 unspecified atom stereocenters. The van der Waals surface area contributed by atoms with Crippen molar-refractivity contribution < 1.29 is 14.0 Å². The number of nitrogens with one attached hydrogen (secondary N) is 1. The quantitative estimate of drug-likeness (QED) is 0.745. The van der Waals surface area contributed by atoms with Crippen LogP contribution >= 0.6 is 23.2 Å². The van der Waals surface area contributed by atoms with E-state index >= 15 is 0 Å². The topological polar surface area (TPSA) is 49.4 Å². The lowest BCUT2D eigenvalue weighted by Gasteiger charge is -2.22. The number of carbonyl (C=O) groups excluding carboxylic acids is 2. The van der Waals surface area contributed by atoms with Crippen LogP contribution in [0.15, 0.2) is 42.5 Å². The number of anilines is 1. The van der Waals surface area contributed by atoms with Crippen molar-refractivity contribution in [1.82, 2.24) is 4.90 Å². The van der Waals surface area contributed by atoms with Crippen LogP contribution in [0.25, 0.3) is 0 Å². The summed E-state index contributed by atoms with van der Waals surface area (Å²) in [6, 6.07) is 10.8. The zero-order chi connectivity index (χ0) is 19.1. The molecule has 0 saturated carbocycles. The number of carbonyl (C=O) groups is 2. The van der Waals surface area contributed by atoms with Crippen LogP contribution in [-0.4, -0.2) is 29.8 Å². The molecule has 0 aliphatic carbocycles. The first kappa shape index (κ1) is 20.2. The summed E-state index contributed by atoms with van der Waals surface area (Å²) in [6.45, 7) is 2.16. The van der Waals surface area contributed by atoms with Gasteiger partial charge in [-0.3, -0.25) is 9.59 Å². The highest BCUT2D eigenvalue weighted by atomic mass is 35.5. The Kier molecular flexibility index (Phi) is 7.42. The zero-order valence-electron chi connectivity index (χ0n) is 14.3. The summed E-state index contributed by atoms with van der Waals surface area (Å²) in [7, 11) is 0. The van der Waals surface area contributed by atoms with Crippen molar-refractivity contribution in [3.05, 3.63) is 63.9 Å². The molecule has 2 rings (SSSR count). The molecule has 0 aliphatic rings. The van der Waals surface area contributed by atoms with Crippen LogP contribution in [0, 0.1) is 5.82 Å². The van der Waals surface area contributed by atoms with E-state index in [-0.39, 0.29) is 24.8 Å². The molecule has 0 heterocycles. The highest BCUT2D eigenvalue weighted by Gasteiger charge is 2.18. The van der Waals surface area contributed by atoms with Crippen LogP contribution < -0.4 is 5.32 Å². The number of nitrogens with zero attached hydrogens (tertiary/aromatic N) is 1. The minimum atomic E-state index is -0.435. The summed E-state index contributed by atoms with van der Waals surface area (Å²) >= 11 is 11.9. The first-order valence-electron chi connectivity index (χ1n) is 8.16. The van der Waals surface area contributed by atoms with E-state index in [1.165, 1.54) is 17.0 Å². The summed E-state index contributed by atoms with van der Waals surface area (Å²) in [5, 5.41) is 3.43. The van der Waals surface area contributed by atoms with E-state index < -0.39 is 5.82 Å². The van der Waals surface area contributed by atoms with Crippen LogP contribution in [0.4, 0.5) is 10.1 Å². The Morgan fingerprint density at radius 2 is 1.88 bits per heavy atom. The van der Waals surface area contributed by atoms with E-state index in [9.17, 15) is 14.0 Å². The average molecular weight is 397 g/mol. The molecule has 0 atom stereocenters. The molecular formula is C19H19Cl2FN2O2. The van der Waals surface area contributed by atoms with E-state index in [4.69, 9.17) is 23.2 Å². The van der Waals surface area contributed by atoms with Gasteiger partial charge < -0.3 is 10.2 Å². The third-order valence-electron chi connectivity index (χ3n) is 3.69. The Hall–Kier alpha value is -2.11. The van der Waals surface area contributed by atoms with Crippen molar-refractivity contribution in [2.24, 2.45) is 0 Å². The summed E-state index contributed by atoms with van der Waals surface area (Å²) in [6.07, 6.45) is 0.583. The Bertz CT molecular complexity index is 799. The van der Waals surface area contributed by atoms with Gasteiger partial charge in [0.15, 0.2) is 0 Å². The second-order valence-electron chi connectivity index (χ2n) is 5.76. The molecule has 7 heteroatoms. The molecule has 2 aromatic carbocycles. The van der Waals surface area contributed by atoms with Crippen molar-refractivity contribution >= 4 is 40.7 Å². The summed E-state index contributed by atoms with van der Waals surface area (Å²) < 4.78 is 13.8. The monoisotopic (exact) mass is 396 g/mol. The summed E-state index contributed by atoms with van der Waals surface area (Å²) in [5.74, 6) is -1.13. The van der Waals surface area contributed by atoms with Crippen molar-refractivity contribution in [1.29, 1.82) is 0 Å². The van der Waals surface area contributed by atoms with Crippen LogP contribution in [0.3, 0.4) is 0 Å². The maximum Gasteiger partial charge on any atom is 0.244 e. The van der Waals surface area contributed by atoms with Gasteiger partial charge in [-0.05, 0) is 36.2 Å². The van der Waals surface area contributed by atoms with Crippen LogP contribution in [-0.2, 0) is 16.0 Å². The predicted molar refractivity (Wildman–Crippen MR) is 102 cm³/mol. The smallest absolute Gasteiger partial charge is 0.244 e. The first-order valence-corrected chi connectivity index (χ1v) is 8.92. The Labute approximate surface area is 161 Å². The molecule has 138 valence electrons. The molecular weight excluding hydrogens is 378 g/mol. The molecule has 0 saturated heterocycles. The normalized spacial score (nSPS) is 10.5. The summed E-state index contributed by atoms with van der Waals surface area (Å²) in [4.78, 5) is 26.2. The Morgan fingerprint density at radius 1 is 1.15 bits per heavy atom. The molecule has 1 N–H and O–H groups in total. The van der Waals surface area contributed by atoms with Crippen LogP contribution in [0.1, 0.15) is 18.9 Å². The Morgan fingerprint density at radius 3 is 2.54 bits per heavy atom. The van der Waals surface area contributed by atoms with Crippen molar-refractivity contribution in [3.63, 3.8) is 0 Å². The molecule has 4 nitrogen and oxygen atoms in total. The number of hydrogen-bond acceptors (Lipinski definition) is 2. The Balaban J connectivity index is 2.03. The lowest BCUT2D eigenvalue weighted by Crippen LogP contribution is -2.39. The lowest BCUT2D eigenvalue weighted by molar-refractivity contribution is -0.134. The van der Waals surface area contributed by atoms with Crippen molar-refractivity contribution in [3.8, 4) is 0 Å². The van der Waals surface area contributed by atoms with E-state index in [1.54, 1.807) is 30.3 Å². The third-order valence-corrected chi connectivity index (χ3v) is 4.23. The van der Waals surface area contributed by atoms with E-state index in [1.807, 2.05) is 6.92 Å². The van der Waals surface area contributed by atoms with E-state index in [0.717, 1.165) is 0 Å². The van der Waals surface area contributed by atoms with Gasteiger partial charge in [0.1, 0.15) is 5.82 Å². The van der Waals surface area contributed by atoms with Gasteiger partial charge in [0.25, 0.3) is 0 Å². The van der Waals surface area contributed by atoms with Gasteiger partial charge in [0, 0.05) is 11.6 Å². The van der Waals surface area contributed by atoms with Gasteiger partial charge in [0.2, 0.25) is 11.8 Å². The fourth-order valence-electron chi connectivity index (χ4n) is 2.43. The van der Waals surface area contributed by atoms with Gasteiger partial charge in [0.05, 0.1) is 23.7 Å². The maximum atomic E-state index is 13.8. The summed E-state index contributed by atoms with van der Waals surface area (Å²) in [5.41, 5.74) is 0.721. The first-order chi connectivity index (χ1) is 12.4. The fraction of sp³-hybridized carbons (Fsp3) is 0.263. The predicted octanol–water partition coefficient (Wildman–Crippen LogP) is 4.55. The number of hydrogen-bond donors (Lipinski definition) is 1. The zero-order valence-corrected chi connectivity index (χ0v) is 15.8. The van der Waals surface area contributed by atoms with Gasteiger partial charge in [-0.1, -0.05) is 48.3 Å². The second kappa shape index (κ2) is 9.55. The number of halogens is 3. The third kappa shape index (κ3) is 5.71. The number of benzene rings is 2. The van der Waals surface area contributed by atoms with E-state index in [0.29, 0.717) is 34.3 Å². The minimum absolute atomic E-state index is 0.0956. The van der Waals surface area contributed by atoms with Gasteiger partial charge in [-0.25, -0.2) is 4.39 Å². The number of rotatable bonds is 7. The maximum absolute atomic E-state index is 13.8. The van der Waals surface area contributed by atoms with Gasteiger partial charge in [-0.2, -0.15) is 0 Å². The SMILES string of the molecule is CCCN(CC(=O)Nc1ccc(Cl)cc1Cl)C(=O)Cc1ccccc1F. The molecule has 0 radical (unpaired) electrons. The largest absolute Gasteiger partial charge is 0.333 e. The van der Waals surface area contributed by atoms with Gasteiger partial charge >= 0.3 is 0 Å². The van der Waals surface area contributed by atoms with Crippen molar-refractivity contribution in [2.75, 3.05) is 18.4 Å². The van der Waals surface area contributed by atoms with Crippen LogP contribution in [0.5, 0.6) is 0 Å². The second-order valence-corrected chi connectivity index (χ2v) is 6.60. The highest BCUT2D eigenvalue weighted by Crippen LogP contribution is 2.25. The minimum Gasteiger partial charge on any atom is -0.333 e. The number of amides is 2. The molecule has 0 aliphatic heterocycles. The van der Waals surface area contributed by atoms with Crippen molar-refractivity contribution in [2.45, 2.75) is 19.8 Å². The average Bonchev–Trinajstić information content (AvgIpc) is 2.59. The lowest BCUT2D eigenvalue weighted by atomic mass is 10.1.